The quantitative estimate of drug-likeness (QED) is 0.457. The zero-order valence-electron chi connectivity index (χ0n) is 20.7. The summed E-state index contributed by atoms with van der Waals surface area (Å²) in [4.78, 5) is 0. The van der Waals surface area contributed by atoms with E-state index in [4.69, 9.17) is 0 Å². The van der Waals surface area contributed by atoms with E-state index in [1.165, 1.54) is 51.4 Å². The van der Waals surface area contributed by atoms with Crippen LogP contribution in [0, 0.1) is 52.3 Å². The first-order valence-corrected chi connectivity index (χ1v) is 13.3. The van der Waals surface area contributed by atoms with E-state index < -0.39 is 0 Å². The SMILES string of the molecule is CC[C@H](/C=C/[C@@H](C)[C@H]1CC[C@H]2[C@@H]3CCC4=C[C@@H](O)CC[C@]4(C)[C@H]3CC[C@]12C)C(C)C. The first-order chi connectivity index (χ1) is 14.2. The average molecular weight is 413 g/mol. The van der Waals surface area contributed by atoms with Crippen LogP contribution in [-0.4, -0.2) is 11.2 Å². The Hall–Kier alpha value is -0.560. The summed E-state index contributed by atoms with van der Waals surface area (Å²) in [6.07, 6.45) is 19.0. The van der Waals surface area contributed by atoms with Crippen molar-refractivity contribution in [3.8, 4) is 0 Å². The Morgan fingerprint density at radius 2 is 1.77 bits per heavy atom. The van der Waals surface area contributed by atoms with Gasteiger partial charge in [-0.3, -0.25) is 0 Å². The predicted octanol–water partition coefficient (Wildman–Crippen LogP) is 7.80. The van der Waals surface area contributed by atoms with E-state index >= 15 is 0 Å². The molecular weight excluding hydrogens is 364 g/mol. The van der Waals surface area contributed by atoms with Gasteiger partial charge in [0.25, 0.3) is 0 Å². The third kappa shape index (κ3) is 3.66. The molecule has 3 fully saturated rings. The van der Waals surface area contributed by atoms with Crippen LogP contribution in [0.25, 0.3) is 0 Å². The van der Waals surface area contributed by atoms with Crippen molar-refractivity contribution in [2.45, 2.75) is 105 Å². The van der Waals surface area contributed by atoms with E-state index in [2.05, 4.69) is 59.8 Å². The van der Waals surface area contributed by atoms with Gasteiger partial charge in [0.15, 0.2) is 0 Å². The number of rotatable bonds is 5. The lowest BCUT2D eigenvalue weighted by Gasteiger charge is -2.59. The molecule has 0 amide bonds. The molecule has 3 saturated carbocycles. The summed E-state index contributed by atoms with van der Waals surface area (Å²) in [7, 11) is 0. The predicted molar refractivity (Wildman–Crippen MR) is 128 cm³/mol. The lowest BCUT2D eigenvalue weighted by atomic mass is 9.46. The molecule has 4 aliphatic carbocycles. The fourth-order valence-electron chi connectivity index (χ4n) is 8.90. The molecule has 0 spiro atoms. The van der Waals surface area contributed by atoms with Crippen LogP contribution in [0.15, 0.2) is 23.8 Å². The number of aliphatic hydroxyl groups is 1. The second-order valence-electron chi connectivity index (χ2n) is 12.4. The standard InChI is InChI=1S/C29H48O/c1-7-21(19(2)3)9-8-20(4)25-12-13-26-24-11-10-22-18-23(30)14-16-28(22,5)27(24)15-17-29(25,26)6/h8-9,18-21,23-27,30H,7,10-17H2,1-6H3/b9-8+/t20-,21-,23+,24+,25-,26+,27+,28+,29-/m1/s1. The Bertz CT molecular complexity index is 674. The Balaban J connectivity index is 1.52. The van der Waals surface area contributed by atoms with Crippen LogP contribution < -0.4 is 0 Å². The summed E-state index contributed by atoms with van der Waals surface area (Å²) in [5.74, 6) is 5.76. The van der Waals surface area contributed by atoms with E-state index in [0.717, 1.165) is 41.9 Å². The van der Waals surface area contributed by atoms with E-state index in [0.29, 0.717) is 16.7 Å². The maximum Gasteiger partial charge on any atom is 0.0724 e. The van der Waals surface area contributed by atoms with Crippen molar-refractivity contribution >= 4 is 0 Å². The first kappa shape index (κ1) is 22.6. The highest BCUT2D eigenvalue weighted by molar-refractivity contribution is 5.25. The van der Waals surface area contributed by atoms with Crippen LogP contribution in [0.2, 0.25) is 0 Å². The molecule has 0 aromatic carbocycles. The molecule has 0 bridgehead atoms. The Labute approximate surface area is 186 Å². The molecule has 0 radical (unpaired) electrons. The molecule has 0 unspecified atom stereocenters. The van der Waals surface area contributed by atoms with Crippen LogP contribution in [-0.2, 0) is 0 Å². The Kier molecular flexibility index (Phi) is 6.35. The molecule has 30 heavy (non-hydrogen) atoms. The Morgan fingerprint density at radius 3 is 2.47 bits per heavy atom. The van der Waals surface area contributed by atoms with E-state index in [9.17, 15) is 5.11 Å². The van der Waals surface area contributed by atoms with Gasteiger partial charge in [-0.2, -0.15) is 0 Å². The van der Waals surface area contributed by atoms with Gasteiger partial charge in [-0.25, -0.2) is 0 Å². The third-order valence-electron chi connectivity index (χ3n) is 10.8. The molecule has 4 rings (SSSR count). The number of fused-ring (bicyclic) bond motifs is 5. The first-order valence-electron chi connectivity index (χ1n) is 13.3. The van der Waals surface area contributed by atoms with Crippen molar-refractivity contribution in [2.75, 3.05) is 0 Å². The minimum absolute atomic E-state index is 0.181. The zero-order chi connectivity index (χ0) is 21.7. The fourth-order valence-corrected chi connectivity index (χ4v) is 8.90. The van der Waals surface area contributed by atoms with Gasteiger partial charge < -0.3 is 5.11 Å². The molecule has 0 aliphatic heterocycles. The van der Waals surface area contributed by atoms with E-state index in [1.807, 2.05) is 0 Å². The molecule has 9 atom stereocenters. The minimum Gasteiger partial charge on any atom is -0.389 e. The molecule has 1 heteroatoms. The summed E-state index contributed by atoms with van der Waals surface area (Å²) in [6, 6.07) is 0. The lowest BCUT2D eigenvalue weighted by Crippen LogP contribution is -2.51. The summed E-state index contributed by atoms with van der Waals surface area (Å²) in [6.45, 7) is 14.8. The lowest BCUT2D eigenvalue weighted by molar-refractivity contribution is -0.0595. The van der Waals surface area contributed by atoms with Crippen molar-refractivity contribution in [3.05, 3.63) is 23.8 Å². The fraction of sp³-hybridized carbons (Fsp3) is 0.862. The smallest absolute Gasteiger partial charge is 0.0724 e. The number of allylic oxidation sites excluding steroid dienone is 3. The Morgan fingerprint density at radius 1 is 1.00 bits per heavy atom. The topological polar surface area (TPSA) is 20.2 Å². The summed E-state index contributed by atoms with van der Waals surface area (Å²) >= 11 is 0. The largest absolute Gasteiger partial charge is 0.389 e. The number of hydrogen-bond acceptors (Lipinski definition) is 1. The molecule has 0 saturated heterocycles. The summed E-state index contributed by atoms with van der Waals surface area (Å²) < 4.78 is 0. The van der Waals surface area contributed by atoms with Crippen LogP contribution in [0.1, 0.15) is 99.3 Å². The van der Waals surface area contributed by atoms with Crippen molar-refractivity contribution in [1.82, 2.24) is 0 Å². The van der Waals surface area contributed by atoms with Crippen LogP contribution in [0.5, 0.6) is 0 Å². The second kappa shape index (κ2) is 8.42. The molecule has 0 aromatic heterocycles. The van der Waals surface area contributed by atoms with Gasteiger partial charge in [0.2, 0.25) is 0 Å². The van der Waals surface area contributed by atoms with Crippen molar-refractivity contribution in [3.63, 3.8) is 0 Å². The van der Waals surface area contributed by atoms with Crippen LogP contribution >= 0.6 is 0 Å². The van der Waals surface area contributed by atoms with Gasteiger partial charge in [-0.05, 0) is 110 Å². The normalized spacial score (nSPS) is 45.6. The third-order valence-corrected chi connectivity index (χ3v) is 10.8. The van der Waals surface area contributed by atoms with Gasteiger partial charge in [-0.1, -0.05) is 65.3 Å². The van der Waals surface area contributed by atoms with Gasteiger partial charge in [0.05, 0.1) is 6.10 Å². The summed E-state index contributed by atoms with van der Waals surface area (Å²) in [5.41, 5.74) is 2.52. The maximum atomic E-state index is 10.2. The van der Waals surface area contributed by atoms with E-state index in [1.54, 1.807) is 5.57 Å². The highest BCUT2D eigenvalue weighted by atomic mass is 16.3. The van der Waals surface area contributed by atoms with Gasteiger partial charge in [-0.15, -0.1) is 0 Å². The van der Waals surface area contributed by atoms with Gasteiger partial charge in [0.1, 0.15) is 0 Å². The molecule has 4 aliphatic rings. The molecule has 0 heterocycles. The molecule has 170 valence electrons. The van der Waals surface area contributed by atoms with Crippen LogP contribution in [0.4, 0.5) is 0 Å². The summed E-state index contributed by atoms with van der Waals surface area (Å²) in [5, 5.41) is 10.2. The number of hydrogen-bond donors (Lipinski definition) is 1. The second-order valence-corrected chi connectivity index (χ2v) is 12.4. The highest BCUT2D eigenvalue weighted by Crippen LogP contribution is 2.67. The van der Waals surface area contributed by atoms with E-state index in [-0.39, 0.29) is 6.10 Å². The number of aliphatic hydroxyl groups excluding tert-OH is 1. The minimum atomic E-state index is -0.181. The maximum absolute atomic E-state index is 10.2. The van der Waals surface area contributed by atoms with Crippen molar-refractivity contribution in [1.29, 1.82) is 0 Å². The zero-order valence-corrected chi connectivity index (χ0v) is 20.7. The highest BCUT2D eigenvalue weighted by Gasteiger charge is 2.59. The van der Waals surface area contributed by atoms with Crippen molar-refractivity contribution < 1.29 is 5.11 Å². The van der Waals surface area contributed by atoms with Crippen LogP contribution in [0.3, 0.4) is 0 Å². The van der Waals surface area contributed by atoms with Gasteiger partial charge >= 0.3 is 0 Å². The molecule has 1 nitrogen and oxygen atoms in total. The van der Waals surface area contributed by atoms with Gasteiger partial charge in [0, 0.05) is 0 Å². The molecular formula is C29H48O. The van der Waals surface area contributed by atoms with Crippen molar-refractivity contribution in [2.24, 2.45) is 52.3 Å². The molecule has 0 aromatic rings. The molecule has 1 N–H and O–H groups in total. The monoisotopic (exact) mass is 412 g/mol. The average Bonchev–Trinajstić information content (AvgIpc) is 3.06.